The first-order valence-electron chi connectivity index (χ1n) is 8.27. The molecule has 4 heteroatoms. The van der Waals surface area contributed by atoms with Crippen LogP contribution in [0.4, 0.5) is 0 Å². The van der Waals surface area contributed by atoms with Gasteiger partial charge in [-0.3, -0.25) is 4.79 Å². The van der Waals surface area contributed by atoms with Gasteiger partial charge >= 0.3 is 0 Å². The van der Waals surface area contributed by atoms with E-state index in [1.54, 1.807) is 11.3 Å². The van der Waals surface area contributed by atoms with Crippen LogP contribution in [0.15, 0.2) is 17.5 Å². The molecule has 3 nitrogen and oxygen atoms in total. The summed E-state index contributed by atoms with van der Waals surface area (Å²) in [5, 5.41) is 5.46. The summed E-state index contributed by atoms with van der Waals surface area (Å²) in [5.74, 6) is 0.402. The SMILES string of the molecule is CNC1CCN(C(=O)C2(c3cccs3)CCCCC2)CC1. The lowest BCUT2D eigenvalue weighted by atomic mass is 9.71. The topological polar surface area (TPSA) is 32.3 Å². The zero-order chi connectivity index (χ0) is 14.7. The van der Waals surface area contributed by atoms with Gasteiger partial charge in [-0.2, -0.15) is 0 Å². The van der Waals surface area contributed by atoms with E-state index in [0.717, 1.165) is 38.8 Å². The average molecular weight is 306 g/mol. The van der Waals surface area contributed by atoms with Crippen LogP contribution in [-0.4, -0.2) is 37.0 Å². The van der Waals surface area contributed by atoms with Gasteiger partial charge in [-0.25, -0.2) is 0 Å². The molecular formula is C17H26N2OS. The highest BCUT2D eigenvalue weighted by atomic mass is 32.1. The second-order valence-corrected chi connectivity index (χ2v) is 7.42. The van der Waals surface area contributed by atoms with Crippen LogP contribution in [0.5, 0.6) is 0 Å². The molecule has 21 heavy (non-hydrogen) atoms. The zero-order valence-electron chi connectivity index (χ0n) is 12.9. The highest BCUT2D eigenvalue weighted by molar-refractivity contribution is 7.10. The van der Waals surface area contributed by atoms with Crippen LogP contribution < -0.4 is 5.32 Å². The van der Waals surface area contributed by atoms with E-state index in [9.17, 15) is 4.79 Å². The first-order valence-corrected chi connectivity index (χ1v) is 9.15. The van der Waals surface area contributed by atoms with Crippen molar-refractivity contribution in [2.45, 2.75) is 56.4 Å². The molecule has 3 rings (SSSR count). The van der Waals surface area contributed by atoms with Gasteiger partial charge in [0.05, 0.1) is 5.41 Å². The van der Waals surface area contributed by atoms with Gasteiger partial charge in [-0.05, 0) is 44.2 Å². The number of piperidine rings is 1. The number of hydrogen-bond acceptors (Lipinski definition) is 3. The van der Waals surface area contributed by atoms with E-state index in [0.29, 0.717) is 11.9 Å². The molecule has 0 radical (unpaired) electrons. The highest BCUT2D eigenvalue weighted by Crippen LogP contribution is 2.43. The van der Waals surface area contributed by atoms with Crippen LogP contribution in [0.3, 0.4) is 0 Å². The minimum absolute atomic E-state index is 0.209. The van der Waals surface area contributed by atoms with Crippen molar-refractivity contribution in [3.8, 4) is 0 Å². The minimum atomic E-state index is -0.209. The summed E-state index contributed by atoms with van der Waals surface area (Å²) in [6.07, 6.45) is 7.91. The molecule has 2 aliphatic rings. The molecule has 1 aromatic rings. The molecule has 1 N–H and O–H groups in total. The van der Waals surface area contributed by atoms with E-state index in [-0.39, 0.29) is 5.41 Å². The van der Waals surface area contributed by atoms with E-state index in [4.69, 9.17) is 0 Å². The number of nitrogens with one attached hydrogen (secondary N) is 1. The number of carbonyl (C=O) groups excluding carboxylic acids is 1. The van der Waals surface area contributed by atoms with Crippen molar-refractivity contribution >= 4 is 17.2 Å². The van der Waals surface area contributed by atoms with Crippen LogP contribution in [0.25, 0.3) is 0 Å². The summed E-state index contributed by atoms with van der Waals surface area (Å²) in [6.45, 7) is 1.83. The van der Waals surface area contributed by atoms with Crippen LogP contribution in [0.2, 0.25) is 0 Å². The van der Waals surface area contributed by atoms with Crippen molar-refractivity contribution in [3.63, 3.8) is 0 Å². The smallest absolute Gasteiger partial charge is 0.234 e. The van der Waals surface area contributed by atoms with Crippen molar-refractivity contribution < 1.29 is 4.79 Å². The number of hydrogen-bond donors (Lipinski definition) is 1. The fraction of sp³-hybridized carbons (Fsp3) is 0.706. The van der Waals surface area contributed by atoms with E-state index < -0.39 is 0 Å². The quantitative estimate of drug-likeness (QED) is 0.930. The van der Waals surface area contributed by atoms with E-state index in [1.807, 2.05) is 7.05 Å². The lowest BCUT2D eigenvalue weighted by Gasteiger charge is -2.41. The lowest BCUT2D eigenvalue weighted by Crippen LogP contribution is -2.52. The Morgan fingerprint density at radius 3 is 2.57 bits per heavy atom. The third-order valence-electron chi connectivity index (χ3n) is 5.30. The Kier molecular flexibility index (Phi) is 4.65. The maximum atomic E-state index is 13.3. The fourth-order valence-corrected chi connectivity index (χ4v) is 4.92. The Morgan fingerprint density at radius 1 is 1.29 bits per heavy atom. The number of carbonyl (C=O) groups is 1. The normalized spacial score (nSPS) is 23.2. The van der Waals surface area contributed by atoms with Crippen molar-refractivity contribution in [3.05, 3.63) is 22.4 Å². The number of likely N-dealkylation sites (tertiary alicyclic amines) is 1. The first-order chi connectivity index (χ1) is 10.3. The Hall–Kier alpha value is -0.870. The molecule has 2 heterocycles. The number of amides is 1. The van der Waals surface area contributed by atoms with Crippen LogP contribution in [0, 0.1) is 0 Å². The van der Waals surface area contributed by atoms with Gasteiger partial charge in [0.1, 0.15) is 0 Å². The molecule has 116 valence electrons. The predicted octanol–water partition coefficient (Wildman–Crippen LogP) is 3.16. The molecule has 0 atom stereocenters. The Morgan fingerprint density at radius 2 is 2.00 bits per heavy atom. The van der Waals surface area contributed by atoms with Gasteiger partial charge in [-0.15, -0.1) is 11.3 Å². The molecule has 1 aliphatic carbocycles. The van der Waals surface area contributed by atoms with Crippen molar-refractivity contribution in [2.24, 2.45) is 0 Å². The second-order valence-electron chi connectivity index (χ2n) is 6.48. The molecule has 1 aliphatic heterocycles. The van der Waals surface area contributed by atoms with Gasteiger partial charge in [0.2, 0.25) is 5.91 Å². The summed E-state index contributed by atoms with van der Waals surface area (Å²) in [5.41, 5.74) is -0.209. The minimum Gasteiger partial charge on any atom is -0.342 e. The average Bonchev–Trinajstić information content (AvgIpc) is 3.10. The van der Waals surface area contributed by atoms with Crippen LogP contribution in [0.1, 0.15) is 49.8 Å². The standard InChI is InChI=1S/C17H26N2OS/c1-18-14-7-11-19(12-8-14)16(20)17(9-3-2-4-10-17)15-6-5-13-21-15/h5-6,13-14,18H,2-4,7-12H2,1H3. The summed E-state index contributed by atoms with van der Waals surface area (Å²) in [6, 6.07) is 4.85. The molecule has 0 aromatic carbocycles. The summed E-state index contributed by atoms with van der Waals surface area (Å²) >= 11 is 1.77. The molecule has 1 saturated carbocycles. The Labute approximate surface area is 131 Å². The number of thiophene rings is 1. The van der Waals surface area contributed by atoms with Crippen LogP contribution >= 0.6 is 11.3 Å². The molecule has 0 unspecified atom stereocenters. The van der Waals surface area contributed by atoms with Gasteiger partial charge in [0, 0.05) is 24.0 Å². The molecule has 1 aromatic heterocycles. The largest absolute Gasteiger partial charge is 0.342 e. The highest BCUT2D eigenvalue weighted by Gasteiger charge is 2.44. The van der Waals surface area contributed by atoms with E-state index in [1.165, 1.54) is 24.1 Å². The maximum absolute atomic E-state index is 13.3. The monoisotopic (exact) mass is 306 g/mol. The molecule has 0 spiro atoms. The van der Waals surface area contributed by atoms with Gasteiger partial charge < -0.3 is 10.2 Å². The lowest BCUT2D eigenvalue weighted by molar-refractivity contribution is -0.140. The maximum Gasteiger partial charge on any atom is 0.234 e. The van der Waals surface area contributed by atoms with Crippen molar-refractivity contribution in [1.29, 1.82) is 0 Å². The molecule has 0 bridgehead atoms. The van der Waals surface area contributed by atoms with Crippen molar-refractivity contribution in [1.82, 2.24) is 10.2 Å². The summed E-state index contributed by atoms with van der Waals surface area (Å²) < 4.78 is 0. The molecule has 1 saturated heterocycles. The molecule has 2 fully saturated rings. The summed E-state index contributed by atoms with van der Waals surface area (Å²) in [7, 11) is 2.02. The molecular weight excluding hydrogens is 280 g/mol. The second kappa shape index (κ2) is 6.49. The zero-order valence-corrected chi connectivity index (χ0v) is 13.8. The van der Waals surface area contributed by atoms with E-state index >= 15 is 0 Å². The van der Waals surface area contributed by atoms with Gasteiger partial charge in [0.15, 0.2) is 0 Å². The third-order valence-corrected chi connectivity index (χ3v) is 6.37. The third kappa shape index (κ3) is 2.88. The number of nitrogens with zero attached hydrogens (tertiary/aromatic N) is 1. The van der Waals surface area contributed by atoms with Gasteiger partial charge in [-0.1, -0.05) is 25.3 Å². The van der Waals surface area contributed by atoms with E-state index in [2.05, 4.69) is 27.7 Å². The molecule has 1 amide bonds. The predicted molar refractivity (Wildman–Crippen MR) is 87.7 cm³/mol. The first kappa shape index (κ1) is 15.0. The van der Waals surface area contributed by atoms with Crippen molar-refractivity contribution in [2.75, 3.05) is 20.1 Å². The number of rotatable bonds is 3. The fourth-order valence-electron chi connectivity index (χ4n) is 3.95. The Balaban J connectivity index is 1.79. The summed E-state index contributed by atoms with van der Waals surface area (Å²) in [4.78, 5) is 16.7. The Bertz CT molecular complexity index is 457. The van der Waals surface area contributed by atoms with Crippen LogP contribution in [-0.2, 0) is 10.2 Å². The van der Waals surface area contributed by atoms with Gasteiger partial charge in [0.25, 0.3) is 0 Å².